The minimum atomic E-state index is 0.0563. The van der Waals surface area contributed by atoms with Crippen molar-refractivity contribution in [2.75, 3.05) is 20.3 Å². The van der Waals surface area contributed by atoms with Crippen LogP contribution in [0.5, 0.6) is 5.75 Å². The van der Waals surface area contributed by atoms with Crippen molar-refractivity contribution in [3.8, 4) is 16.9 Å². The first-order valence-corrected chi connectivity index (χ1v) is 9.70. The van der Waals surface area contributed by atoms with Gasteiger partial charge in [-0.2, -0.15) is 0 Å². The van der Waals surface area contributed by atoms with Crippen LogP contribution in [0.25, 0.3) is 17.2 Å². The zero-order chi connectivity index (χ0) is 19.3. The normalized spacial score (nSPS) is 11.0. The van der Waals surface area contributed by atoms with Crippen molar-refractivity contribution in [2.24, 2.45) is 0 Å². The Morgan fingerprint density at radius 3 is 1.96 bits per heavy atom. The molecule has 0 fully saturated rings. The van der Waals surface area contributed by atoms with Crippen LogP contribution in [0.1, 0.15) is 44.6 Å². The van der Waals surface area contributed by atoms with Crippen LogP contribution >= 0.6 is 0 Å². The first-order valence-electron chi connectivity index (χ1n) is 9.70. The molecule has 0 aromatic heterocycles. The van der Waals surface area contributed by atoms with E-state index < -0.39 is 0 Å². The molecular weight excluding hydrogens is 336 g/mol. The summed E-state index contributed by atoms with van der Waals surface area (Å²) < 4.78 is 10.9. The molecule has 0 heterocycles. The summed E-state index contributed by atoms with van der Waals surface area (Å²) in [6, 6.07) is 16.4. The zero-order valence-corrected chi connectivity index (χ0v) is 16.4. The van der Waals surface area contributed by atoms with Gasteiger partial charge in [-0.25, -0.2) is 0 Å². The average molecular weight is 367 g/mol. The first-order chi connectivity index (χ1) is 13.2. The Bertz CT molecular complexity index is 699. The fraction of sp³-hybridized carbons (Fsp3) is 0.375. The fourth-order valence-electron chi connectivity index (χ4n) is 2.81. The number of carbonyl (C=O) groups is 1. The smallest absolute Gasteiger partial charge is 0.152 e. The minimum Gasteiger partial charge on any atom is -0.494 e. The molecule has 2 aromatic rings. The number of carbonyl (C=O) groups excluding carboxylic acids is 1. The maximum Gasteiger partial charge on any atom is 0.152 e. The lowest BCUT2D eigenvalue weighted by Gasteiger charge is -2.08. The van der Waals surface area contributed by atoms with Crippen LogP contribution in [0.3, 0.4) is 0 Å². The van der Waals surface area contributed by atoms with E-state index in [0.717, 1.165) is 48.5 Å². The molecule has 0 amide bonds. The number of rotatable bonds is 12. The van der Waals surface area contributed by atoms with Gasteiger partial charge in [-0.3, -0.25) is 4.79 Å². The maximum absolute atomic E-state index is 11.0. The Balaban J connectivity index is 1.75. The lowest BCUT2D eigenvalue weighted by Crippen LogP contribution is -1.97. The molecule has 3 heteroatoms. The molecule has 27 heavy (non-hydrogen) atoms. The molecule has 2 aromatic carbocycles. The highest BCUT2D eigenvalue weighted by Crippen LogP contribution is 2.23. The van der Waals surface area contributed by atoms with Gasteiger partial charge in [-0.15, -0.1) is 0 Å². The second-order valence-electron chi connectivity index (χ2n) is 6.70. The molecule has 0 radical (unpaired) electrons. The van der Waals surface area contributed by atoms with Gasteiger partial charge < -0.3 is 9.47 Å². The third-order valence-corrected chi connectivity index (χ3v) is 4.37. The molecule has 0 N–H and O–H groups in total. The number of unbranched alkanes of at least 4 members (excludes halogenated alkanes) is 4. The molecule has 0 atom stereocenters. The van der Waals surface area contributed by atoms with Crippen LogP contribution in [0.4, 0.5) is 0 Å². The van der Waals surface area contributed by atoms with Crippen molar-refractivity contribution in [3.63, 3.8) is 0 Å². The van der Waals surface area contributed by atoms with E-state index in [4.69, 9.17) is 9.47 Å². The van der Waals surface area contributed by atoms with Gasteiger partial charge >= 0.3 is 0 Å². The SMILES string of the molecule is COCCCCCCCOc1ccc(-c2ccc(/C=C/C(C)=O)cc2)cc1. The number of hydrogen-bond donors (Lipinski definition) is 0. The molecule has 0 unspecified atom stereocenters. The molecule has 0 bridgehead atoms. The number of benzene rings is 2. The molecular formula is C24H30O3. The average Bonchev–Trinajstić information content (AvgIpc) is 2.69. The Kier molecular flexibility index (Phi) is 9.36. The van der Waals surface area contributed by atoms with E-state index in [0.29, 0.717) is 0 Å². The number of methoxy groups -OCH3 is 1. The van der Waals surface area contributed by atoms with Crippen LogP contribution in [0.15, 0.2) is 54.6 Å². The van der Waals surface area contributed by atoms with E-state index in [1.165, 1.54) is 19.3 Å². The Morgan fingerprint density at radius 1 is 0.815 bits per heavy atom. The second-order valence-corrected chi connectivity index (χ2v) is 6.70. The van der Waals surface area contributed by atoms with E-state index in [-0.39, 0.29) is 5.78 Å². The largest absolute Gasteiger partial charge is 0.494 e. The highest BCUT2D eigenvalue weighted by molar-refractivity contribution is 5.91. The van der Waals surface area contributed by atoms with Crippen molar-refractivity contribution in [1.82, 2.24) is 0 Å². The molecule has 0 spiro atoms. The van der Waals surface area contributed by atoms with Gasteiger partial charge in [0, 0.05) is 13.7 Å². The van der Waals surface area contributed by atoms with Gasteiger partial charge in [0.05, 0.1) is 6.61 Å². The summed E-state index contributed by atoms with van der Waals surface area (Å²) in [7, 11) is 1.75. The van der Waals surface area contributed by atoms with Crippen LogP contribution in [-0.2, 0) is 9.53 Å². The predicted molar refractivity (Wildman–Crippen MR) is 112 cm³/mol. The van der Waals surface area contributed by atoms with E-state index in [1.807, 2.05) is 30.3 Å². The predicted octanol–water partition coefficient (Wildman–Crippen LogP) is 5.93. The van der Waals surface area contributed by atoms with Gasteiger partial charge in [0.2, 0.25) is 0 Å². The summed E-state index contributed by atoms with van der Waals surface area (Å²) in [6.07, 6.45) is 9.32. The number of ketones is 1. The second kappa shape index (κ2) is 12.1. The van der Waals surface area contributed by atoms with Gasteiger partial charge in [-0.1, -0.05) is 61.7 Å². The Hall–Kier alpha value is -2.39. The number of allylic oxidation sites excluding steroid dienone is 1. The number of hydrogen-bond acceptors (Lipinski definition) is 3. The van der Waals surface area contributed by atoms with Gasteiger partial charge in [0.25, 0.3) is 0 Å². The van der Waals surface area contributed by atoms with Crippen molar-refractivity contribution in [2.45, 2.75) is 39.0 Å². The van der Waals surface area contributed by atoms with Crippen molar-refractivity contribution in [3.05, 3.63) is 60.2 Å². The summed E-state index contributed by atoms with van der Waals surface area (Å²) in [4.78, 5) is 11.0. The molecule has 0 aliphatic heterocycles. The molecule has 0 saturated carbocycles. The van der Waals surface area contributed by atoms with Crippen LogP contribution < -0.4 is 4.74 Å². The third-order valence-electron chi connectivity index (χ3n) is 4.37. The Labute approximate surface area is 163 Å². The fourth-order valence-corrected chi connectivity index (χ4v) is 2.81. The van der Waals surface area contributed by atoms with Crippen molar-refractivity contribution >= 4 is 11.9 Å². The quantitative estimate of drug-likeness (QED) is 0.345. The topological polar surface area (TPSA) is 35.5 Å². The van der Waals surface area contributed by atoms with Crippen LogP contribution in [0.2, 0.25) is 0 Å². The molecule has 0 saturated heterocycles. The molecule has 2 rings (SSSR count). The zero-order valence-electron chi connectivity index (χ0n) is 16.4. The van der Waals surface area contributed by atoms with E-state index in [9.17, 15) is 4.79 Å². The van der Waals surface area contributed by atoms with E-state index >= 15 is 0 Å². The number of ether oxygens (including phenoxy) is 2. The van der Waals surface area contributed by atoms with Crippen LogP contribution in [0, 0.1) is 0 Å². The maximum atomic E-state index is 11.0. The monoisotopic (exact) mass is 366 g/mol. The molecule has 144 valence electrons. The standard InChI is InChI=1S/C24H30O3/c1-20(25)8-9-21-10-12-22(13-11-21)23-14-16-24(17-15-23)27-19-7-5-3-4-6-18-26-2/h8-17H,3-7,18-19H2,1-2H3/b9-8+. The van der Waals surface area contributed by atoms with Crippen molar-refractivity contribution < 1.29 is 14.3 Å². The molecule has 3 nitrogen and oxygen atoms in total. The highest BCUT2D eigenvalue weighted by Gasteiger charge is 2.00. The van der Waals surface area contributed by atoms with Crippen molar-refractivity contribution in [1.29, 1.82) is 0 Å². The lowest BCUT2D eigenvalue weighted by molar-refractivity contribution is -0.112. The highest BCUT2D eigenvalue weighted by atomic mass is 16.5. The molecule has 0 aliphatic carbocycles. The summed E-state index contributed by atoms with van der Waals surface area (Å²) in [5.74, 6) is 0.972. The van der Waals surface area contributed by atoms with Gasteiger partial charge in [0.15, 0.2) is 5.78 Å². The first kappa shape index (κ1) is 20.9. The summed E-state index contributed by atoms with van der Waals surface area (Å²) in [6.45, 7) is 3.18. The van der Waals surface area contributed by atoms with E-state index in [2.05, 4.69) is 24.3 Å². The minimum absolute atomic E-state index is 0.0563. The summed E-state index contributed by atoms with van der Waals surface area (Å²) in [5, 5.41) is 0. The summed E-state index contributed by atoms with van der Waals surface area (Å²) in [5.41, 5.74) is 3.33. The molecule has 0 aliphatic rings. The third kappa shape index (κ3) is 8.23. The van der Waals surface area contributed by atoms with Gasteiger partial charge in [-0.05, 0) is 54.7 Å². The summed E-state index contributed by atoms with van der Waals surface area (Å²) >= 11 is 0. The van der Waals surface area contributed by atoms with E-state index in [1.54, 1.807) is 20.1 Å². The van der Waals surface area contributed by atoms with Gasteiger partial charge in [0.1, 0.15) is 5.75 Å². The van der Waals surface area contributed by atoms with Crippen LogP contribution in [-0.4, -0.2) is 26.1 Å². The Morgan fingerprint density at radius 2 is 1.37 bits per heavy atom. The lowest BCUT2D eigenvalue weighted by atomic mass is 10.0.